The number of benzene rings is 2. The van der Waals surface area contributed by atoms with Crippen LogP contribution in [0.4, 0.5) is 16.2 Å². The summed E-state index contributed by atoms with van der Waals surface area (Å²) in [6, 6.07) is 12.2. The van der Waals surface area contributed by atoms with E-state index in [1.54, 1.807) is 48.5 Å². The lowest BCUT2D eigenvalue weighted by molar-refractivity contribution is -0.134. The van der Waals surface area contributed by atoms with Gasteiger partial charge in [0.2, 0.25) is 5.91 Å². The molecule has 0 aromatic heterocycles. The Balaban J connectivity index is 1.51. The maximum Gasteiger partial charge on any atom is 0.320 e. The molecule has 2 N–H and O–H groups in total. The third-order valence-corrected chi connectivity index (χ3v) is 6.30. The number of carbonyl (C=O) groups excluding carboxylic acids is 3. The van der Waals surface area contributed by atoms with Crippen molar-refractivity contribution in [2.75, 3.05) is 36.5 Å². The van der Waals surface area contributed by atoms with E-state index in [-0.39, 0.29) is 24.5 Å². The van der Waals surface area contributed by atoms with Crippen LogP contribution in [0.5, 0.6) is 5.75 Å². The summed E-state index contributed by atoms with van der Waals surface area (Å²) in [5.41, 5.74) is 1.05. The molecule has 0 aliphatic carbocycles. The van der Waals surface area contributed by atoms with Crippen molar-refractivity contribution >= 4 is 40.8 Å². The number of carbonyl (C=O) groups is 3. The largest absolute Gasteiger partial charge is 0.489 e. The van der Waals surface area contributed by atoms with E-state index in [9.17, 15) is 14.4 Å². The van der Waals surface area contributed by atoms with E-state index in [1.165, 1.54) is 4.90 Å². The van der Waals surface area contributed by atoms with Crippen LogP contribution in [0.1, 0.15) is 26.7 Å². The number of fused-ring (bicyclic) bond motifs is 1. The standard InChI is InChI=1S/C25H29ClN4O4/c1-25(2)11-6-12-29(16-25)22(31)14-30-20-9-3-4-10-21(20)34-15-19(23(30)32)28-24(33)27-18-8-5-7-17(26)13-18/h3-5,7-10,13,19H,6,11-12,14-16H2,1-2H3,(H2,27,28,33)/t19-/m1/s1. The molecule has 2 aromatic rings. The van der Waals surface area contributed by atoms with Crippen LogP contribution in [0.2, 0.25) is 5.02 Å². The molecule has 8 nitrogen and oxygen atoms in total. The minimum absolute atomic E-state index is 0.0419. The molecule has 1 fully saturated rings. The molecule has 9 heteroatoms. The van der Waals surface area contributed by atoms with Crippen molar-refractivity contribution in [3.05, 3.63) is 53.6 Å². The zero-order valence-electron chi connectivity index (χ0n) is 19.3. The summed E-state index contributed by atoms with van der Waals surface area (Å²) in [6.45, 7) is 5.43. The molecule has 2 heterocycles. The van der Waals surface area contributed by atoms with Crippen molar-refractivity contribution < 1.29 is 19.1 Å². The van der Waals surface area contributed by atoms with Crippen LogP contribution < -0.4 is 20.3 Å². The van der Waals surface area contributed by atoms with Gasteiger partial charge < -0.3 is 20.3 Å². The highest BCUT2D eigenvalue weighted by Crippen LogP contribution is 2.32. The first-order chi connectivity index (χ1) is 16.2. The lowest BCUT2D eigenvalue weighted by Gasteiger charge is -2.39. The molecule has 180 valence electrons. The fraction of sp³-hybridized carbons (Fsp3) is 0.400. The molecule has 1 atom stereocenters. The van der Waals surface area contributed by atoms with Gasteiger partial charge in [-0.05, 0) is 48.6 Å². The number of nitrogens with one attached hydrogen (secondary N) is 2. The number of likely N-dealkylation sites (tertiary alicyclic amines) is 1. The number of halogens is 1. The highest BCUT2D eigenvalue weighted by molar-refractivity contribution is 6.30. The average Bonchev–Trinajstić information content (AvgIpc) is 2.91. The molecule has 2 aliphatic heterocycles. The van der Waals surface area contributed by atoms with Gasteiger partial charge in [-0.3, -0.25) is 14.5 Å². The number of ether oxygens (including phenoxy) is 1. The summed E-state index contributed by atoms with van der Waals surface area (Å²) in [6.07, 6.45) is 1.99. The first kappa shape index (κ1) is 23.9. The summed E-state index contributed by atoms with van der Waals surface area (Å²) in [5.74, 6) is -0.0436. The van der Waals surface area contributed by atoms with Crippen LogP contribution in [-0.4, -0.2) is 55.0 Å². The topological polar surface area (TPSA) is 91.0 Å². The van der Waals surface area contributed by atoms with Crippen molar-refractivity contribution in [1.29, 1.82) is 0 Å². The van der Waals surface area contributed by atoms with E-state index in [0.717, 1.165) is 12.8 Å². The van der Waals surface area contributed by atoms with Crippen molar-refractivity contribution in [1.82, 2.24) is 10.2 Å². The average molecular weight is 485 g/mol. The third kappa shape index (κ3) is 5.62. The van der Waals surface area contributed by atoms with E-state index in [2.05, 4.69) is 24.5 Å². The predicted molar refractivity (Wildman–Crippen MR) is 131 cm³/mol. The molecule has 0 radical (unpaired) electrons. The van der Waals surface area contributed by atoms with E-state index >= 15 is 0 Å². The Morgan fingerprint density at radius 3 is 2.74 bits per heavy atom. The molecule has 4 amide bonds. The van der Waals surface area contributed by atoms with Gasteiger partial charge in [0.25, 0.3) is 5.91 Å². The Morgan fingerprint density at radius 1 is 1.18 bits per heavy atom. The second-order valence-corrected chi connectivity index (χ2v) is 9.88. The maximum atomic E-state index is 13.5. The summed E-state index contributed by atoms with van der Waals surface area (Å²) >= 11 is 5.98. The number of hydrogen-bond acceptors (Lipinski definition) is 4. The molecular formula is C25H29ClN4O4. The minimum Gasteiger partial charge on any atom is -0.489 e. The zero-order valence-corrected chi connectivity index (χ0v) is 20.1. The molecule has 0 spiro atoms. The highest BCUT2D eigenvalue weighted by atomic mass is 35.5. The molecule has 4 rings (SSSR count). The normalized spacial score (nSPS) is 19.5. The van der Waals surface area contributed by atoms with E-state index < -0.39 is 18.0 Å². The van der Waals surface area contributed by atoms with Crippen molar-refractivity contribution in [3.8, 4) is 5.75 Å². The van der Waals surface area contributed by atoms with E-state index in [1.807, 2.05) is 4.90 Å². The first-order valence-electron chi connectivity index (χ1n) is 11.4. The van der Waals surface area contributed by atoms with Gasteiger partial charge in [-0.25, -0.2) is 4.79 Å². The van der Waals surface area contributed by atoms with Gasteiger partial charge in [-0.1, -0.05) is 43.6 Å². The first-order valence-corrected chi connectivity index (χ1v) is 11.7. The quantitative estimate of drug-likeness (QED) is 0.688. The van der Waals surface area contributed by atoms with Gasteiger partial charge in [0.05, 0.1) is 5.69 Å². The monoisotopic (exact) mass is 484 g/mol. The number of nitrogens with zero attached hydrogens (tertiary/aromatic N) is 2. The molecule has 0 saturated carbocycles. The molecule has 1 saturated heterocycles. The second-order valence-electron chi connectivity index (χ2n) is 9.45. The Morgan fingerprint density at radius 2 is 1.97 bits per heavy atom. The van der Waals surface area contributed by atoms with E-state index in [4.69, 9.17) is 16.3 Å². The van der Waals surface area contributed by atoms with Crippen molar-refractivity contribution in [3.63, 3.8) is 0 Å². The van der Waals surface area contributed by atoms with Crippen LogP contribution >= 0.6 is 11.6 Å². The summed E-state index contributed by atoms with van der Waals surface area (Å²) in [5, 5.41) is 5.82. The van der Waals surface area contributed by atoms with Crippen LogP contribution in [0, 0.1) is 5.41 Å². The number of urea groups is 1. The van der Waals surface area contributed by atoms with Gasteiger partial charge >= 0.3 is 6.03 Å². The van der Waals surface area contributed by atoms with Crippen LogP contribution in [-0.2, 0) is 9.59 Å². The molecule has 0 unspecified atom stereocenters. The molecule has 2 aromatic carbocycles. The molecule has 0 bridgehead atoms. The Labute approximate surface area is 204 Å². The van der Waals surface area contributed by atoms with Crippen molar-refractivity contribution in [2.24, 2.45) is 5.41 Å². The fourth-order valence-electron chi connectivity index (χ4n) is 4.38. The van der Waals surface area contributed by atoms with Gasteiger partial charge in [-0.2, -0.15) is 0 Å². The smallest absolute Gasteiger partial charge is 0.320 e. The SMILES string of the molecule is CC1(C)CCCN(C(=O)CN2C(=O)[C@H](NC(=O)Nc3cccc(Cl)c3)COc3ccccc32)C1. The Bertz CT molecular complexity index is 1090. The van der Waals surface area contributed by atoms with Gasteiger partial charge in [-0.15, -0.1) is 0 Å². The fourth-order valence-corrected chi connectivity index (χ4v) is 4.57. The number of rotatable bonds is 4. The number of hydrogen-bond donors (Lipinski definition) is 2. The summed E-state index contributed by atoms with van der Waals surface area (Å²) in [7, 11) is 0. The summed E-state index contributed by atoms with van der Waals surface area (Å²) < 4.78 is 5.84. The Hall–Kier alpha value is -3.26. The van der Waals surface area contributed by atoms with Crippen LogP contribution in [0.3, 0.4) is 0 Å². The molecule has 2 aliphatic rings. The predicted octanol–water partition coefficient (Wildman–Crippen LogP) is 3.90. The number of para-hydroxylation sites is 2. The zero-order chi connectivity index (χ0) is 24.3. The van der Waals surface area contributed by atoms with Gasteiger partial charge in [0, 0.05) is 23.8 Å². The number of anilines is 2. The third-order valence-electron chi connectivity index (χ3n) is 6.06. The van der Waals surface area contributed by atoms with E-state index in [0.29, 0.717) is 35.2 Å². The van der Waals surface area contributed by atoms with Crippen LogP contribution in [0.15, 0.2) is 48.5 Å². The number of amides is 4. The molecule has 34 heavy (non-hydrogen) atoms. The lowest BCUT2D eigenvalue weighted by atomic mass is 9.84. The van der Waals surface area contributed by atoms with Gasteiger partial charge in [0.15, 0.2) is 0 Å². The van der Waals surface area contributed by atoms with Crippen molar-refractivity contribution in [2.45, 2.75) is 32.7 Å². The van der Waals surface area contributed by atoms with Gasteiger partial charge in [0.1, 0.15) is 24.9 Å². The summed E-state index contributed by atoms with van der Waals surface area (Å²) in [4.78, 5) is 42.5. The maximum absolute atomic E-state index is 13.5. The van der Waals surface area contributed by atoms with Crippen LogP contribution in [0.25, 0.3) is 0 Å². The highest BCUT2D eigenvalue weighted by Gasteiger charge is 2.36. The lowest BCUT2D eigenvalue weighted by Crippen LogP contribution is -2.54. The Kier molecular flexibility index (Phi) is 6.97. The second kappa shape index (κ2) is 9.93. The number of piperidine rings is 1. The minimum atomic E-state index is -0.975. The molecular weight excluding hydrogens is 456 g/mol.